The third-order valence-corrected chi connectivity index (χ3v) is 5.09. The molecule has 144 valence electrons. The molecule has 0 radical (unpaired) electrons. The first-order valence-corrected chi connectivity index (χ1v) is 9.05. The van der Waals surface area contributed by atoms with Crippen molar-refractivity contribution in [2.45, 2.75) is 11.3 Å². The summed E-state index contributed by atoms with van der Waals surface area (Å²) in [6, 6.07) is 3.56. The molecule has 2 N–H and O–H groups in total. The number of sulfonamides is 1. The van der Waals surface area contributed by atoms with Crippen molar-refractivity contribution in [3.05, 3.63) is 41.0 Å². The molecule has 2 rings (SSSR count). The Morgan fingerprint density at radius 1 is 1.12 bits per heavy atom. The van der Waals surface area contributed by atoms with E-state index >= 15 is 0 Å². The second kappa shape index (κ2) is 9.67. The number of ether oxygens (including phenoxy) is 2. The van der Waals surface area contributed by atoms with Gasteiger partial charge in [-0.3, -0.25) is 0 Å². The fourth-order valence-corrected chi connectivity index (χ4v) is 3.43. The van der Waals surface area contributed by atoms with Crippen LogP contribution in [-0.4, -0.2) is 54.2 Å². The van der Waals surface area contributed by atoms with Crippen LogP contribution >= 0.6 is 12.4 Å². The number of benzene rings is 1. The Hall–Kier alpha value is -1.94. The van der Waals surface area contributed by atoms with E-state index < -0.39 is 22.0 Å². The van der Waals surface area contributed by atoms with Gasteiger partial charge in [-0.25, -0.2) is 22.7 Å². The highest BCUT2D eigenvalue weighted by atomic mass is 35.5. The number of carbonyl (C=O) groups excluding carboxylic acids is 2. The van der Waals surface area contributed by atoms with Crippen LogP contribution in [0.4, 0.5) is 0 Å². The minimum absolute atomic E-state index is 0. The maximum Gasteiger partial charge on any atom is 0.337 e. The Labute approximate surface area is 158 Å². The summed E-state index contributed by atoms with van der Waals surface area (Å²) >= 11 is 0. The summed E-state index contributed by atoms with van der Waals surface area (Å²) in [6.45, 7) is 1.65. The molecule has 0 bridgehead atoms. The van der Waals surface area contributed by atoms with Crippen LogP contribution in [0.3, 0.4) is 0 Å². The molecule has 0 spiro atoms. The summed E-state index contributed by atoms with van der Waals surface area (Å²) in [5.74, 6) is -1.49. The molecular weight excluding hydrogens is 384 g/mol. The molecule has 0 amide bonds. The van der Waals surface area contributed by atoms with Crippen LogP contribution in [-0.2, 0) is 19.5 Å². The van der Waals surface area contributed by atoms with Crippen molar-refractivity contribution in [2.24, 2.45) is 0 Å². The molecule has 1 heterocycles. The van der Waals surface area contributed by atoms with Crippen molar-refractivity contribution in [1.29, 1.82) is 0 Å². The highest BCUT2D eigenvalue weighted by Crippen LogP contribution is 2.17. The van der Waals surface area contributed by atoms with Crippen LogP contribution in [0, 0.1) is 0 Å². The van der Waals surface area contributed by atoms with Gasteiger partial charge in [0.15, 0.2) is 0 Å². The van der Waals surface area contributed by atoms with Crippen LogP contribution < -0.4 is 10.0 Å². The lowest BCUT2D eigenvalue weighted by Gasteiger charge is -2.15. The Morgan fingerprint density at radius 2 is 1.69 bits per heavy atom. The summed E-state index contributed by atoms with van der Waals surface area (Å²) in [5.41, 5.74) is 0.873. The highest BCUT2D eigenvalue weighted by molar-refractivity contribution is 7.89. The predicted octanol–water partition coefficient (Wildman–Crippen LogP) is 0.880. The van der Waals surface area contributed by atoms with E-state index in [1.807, 2.05) is 6.08 Å². The van der Waals surface area contributed by atoms with Crippen LogP contribution in [0.2, 0.25) is 0 Å². The summed E-state index contributed by atoms with van der Waals surface area (Å²) in [5, 5.41) is 3.14. The van der Waals surface area contributed by atoms with E-state index in [0.717, 1.165) is 30.7 Å². The zero-order chi connectivity index (χ0) is 18.4. The van der Waals surface area contributed by atoms with Gasteiger partial charge in [0.2, 0.25) is 10.0 Å². The second-order valence-electron chi connectivity index (χ2n) is 5.37. The number of halogens is 1. The van der Waals surface area contributed by atoms with E-state index in [9.17, 15) is 18.0 Å². The van der Waals surface area contributed by atoms with E-state index in [2.05, 4.69) is 19.5 Å². The molecule has 1 aliphatic heterocycles. The van der Waals surface area contributed by atoms with Gasteiger partial charge < -0.3 is 14.8 Å². The summed E-state index contributed by atoms with van der Waals surface area (Å²) in [7, 11) is -1.58. The van der Waals surface area contributed by atoms with Crippen molar-refractivity contribution in [3.63, 3.8) is 0 Å². The Balaban J connectivity index is 0.00000338. The van der Waals surface area contributed by atoms with E-state index in [1.54, 1.807) is 0 Å². The lowest BCUT2D eigenvalue weighted by atomic mass is 10.1. The Kier molecular flexibility index (Phi) is 8.22. The highest BCUT2D eigenvalue weighted by Gasteiger charge is 2.21. The number of hydrogen-bond acceptors (Lipinski definition) is 7. The monoisotopic (exact) mass is 404 g/mol. The molecule has 26 heavy (non-hydrogen) atoms. The van der Waals surface area contributed by atoms with E-state index in [-0.39, 0.29) is 35.0 Å². The van der Waals surface area contributed by atoms with Crippen molar-refractivity contribution in [1.82, 2.24) is 10.0 Å². The van der Waals surface area contributed by atoms with E-state index in [4.69, 9.17) is 0 Å². The molecule has 0 atom stereocenters. The largest absolute Gasteiger partial charge is 0.465 e. The fourth-order valence-electron chi connectivity index (χ4n) is 2.33. The lowest BCUT2D eigenvalue weighted by Crippen LogP contribution is -2.30. The molecule has 1 aromatic carbocycles. The average molecular weight is 405 g/mol. The van der Waals surface area contributed by atoms with Gasteiger partial charge in [0.1, 0.15) is 0 Å². The minimum Gasteiger partial charge on any atom is -0.465 e. The Morgan fingerprint density at radius 3 is 2.15 bits per heavy atom. The quantitative estimate of drug-likeness (QED) is 0.534. The zero-order valence-electron chi connectivity index (χ0n) is 14.4. The summed E-state index contributed by atoms with van der Waals surface area (Å²) in [4.78, 5) is 23.3. The van der Waals surface area contributed by atoms with Crippen LogP contribution in [0.1, 0.15) is 27.1 Å². The number of carbonyl (C=O) groups is 2. The second-order valence-corrected chi connectivity index (χ2v) is 7.14. The maximum atomic E-state index is 12.5. The molecule has 0 saturated carbocycles. The molecule has 10 heteroatoms. The van der Waals surface area contributed by atoms with Gasteiger partial charge in [0, 0.05) is 13.1 Å². The molecule has 0 unspecified atom stereocenters. The van der Waals surface area contributed by atoms with E-state index in [1.165, 1.54) is 20.3 Å². The molecule has 0 fully saturated rings. The molecule has 0 saturated heterocycles. The van der Waals surface area contributed by atoms with Gasteiger partial charge in [-0.2, -0.15) is 0 Å². The van der Waals surface area contributed by atoms with Gasteiger partial charge in [0.05, 0.1) is 30.2 Å². The zero-order valence-corrected chi connectivity index (χ0v) is 16.0. The minimum atomic E-state index is -3.91. The first-order valence-electron chi connectivity index (χ1n) is 7.57. The number of nitrogens with one attached hydrogen (secondary N) is 2. The van der Waals surface area contributed by atoms with Crippen molar-refractivity contribution < 1.29 is 27.5 Å². The summed E-state index contributed by atoms with van der Waals surface area (Å²) < 4.78 is 36.8. The van der Waals surface area contributed by atoms with Crippen LogP contribution in [0.15, 0.2) is 34.7 Å². The standard InChI is InChI=1S/C16H20N2O6S.ClH/c1-23-15(19)12-7-13(16(20)24-2)9-14(8-12)25(21,22)18-10-11-3-5-17-6-4-11;/h3,7-9,17-18H,4-6,10H2,1-2H3;1H. The molecule has 1 aliphatic rings. The normalized spacial score (nSPS) is 14.0. The molecule has 1 aromatic rings. The topological polar surface area (TPSA) is 111 Å². The fraction of sp³-hybridized carbons (Fsp3) is 0.375. The van der Waals surface area contributed by atoms with Gasteiger partial charge in [0.25, 0.3) is 0 Å². The third-order valence-electron chi connectivity index (χ3n) is 3.71. The van der Waals surface area contributed by atoms with E-state index in [0.29, 0.717) is 6.54 Å². The van der Waals surface area contributed by atoms with Gasteiger partial charge in [-0.05, 0) is 31.2 Å². The van der Waals surface area contributed by atoms with Gasteiger partial charge in [-0.1, -0.05) is 11.6 Å². The number of hydrogen-bond donors (Lipinski definition) is 2. The van der Waals surface area contributed by atoms with Gasteiger partial charge in [-0.15, -0.1) is 12.4 Å². The molecular formula is C16H21ClN2O6S. The Bertz CT molecular complexity index is 773. The molecule has 0 aliphatic carbocycles. The molecule has 0 aromatic heterocycles. The lowest BCUT2D eigenvalue weighted by molar-refractivity contribution is 0.0598. The first kappa shape index (κ1) is 22.1. The predicted molar refractivity (Wildman–Crippen MR) is 97.1 cm³/mol. The third kappa shape index (κ3) is 5.53. The number of esters is 2. The summed E-state index contributed by atoms with van der Waals surface area (Å²) in [6.07, 6.45) is 2.68. The SMILES string of the molecule is COC(=O)c1cc(C(=O)OC)cc(S(=O)(=O)NCC2=CCNCC2)c1.Cl. The maximum absolute atomic E-state index is 12.5. The smallest absolute Gasteiger partial charge is 0.337 e. The molecule has 8 nitrogen and oxygen atoms in total. The van der Waals surface area contributed by atoms with Crippen LogP contribution in [0.5, 0.6) is 0 Å². The van der Waals surface area contributed by atoms with Crippen molar-refractivity contribution >= 4 is 34.4 Å². The van der Waals surface area contributed by atoms with Gasteiger partial charge >= 0.3 is 11.9 Å². The van der Waals surface area contributed by atoms with Crippen LogP contribution in [0.25, 0.3) is 0 Å². The first-order chi connectivity index (χ1) is 11.9. The number of methoxy groups -OCH3 is 2. The average Bonchev–Trinajstić information content (AvgIpc) is 2.65. The van der Waals surface area contributed by atoms with Crippen molar-refractivity contribution in [3.8, 4) is 0 Å². The number of rotatable bonds is 6. The van der Waals surface area contributed by atoms with Crippen molar-refractivity contribution in [2.75, 3.05) is 33.9 Å².